The molecule has 3 aliphatic heterocycles. The van der Waals surface area contributed by atoms with Crippen molar-refractivity contribution in [1.82, 2.24) is 19.9 Å². The van der Waals surface area contributed by atoms with Crippen molar-refractivity contribution in [1.29, 1.82) is 0 Å². The molecule has 0 aliphatic carbocycles. The van der Waals surface area contributed by atoms with Crippen molar-refractivity contribution in [3.05, 3.63) is 35.9 Å². The van der Waals surface area contributed by atoms with Crippen LogP contribution in [0.3, 0.4) is 0 Å². The third-order valence-corrected chi connectivity index (χ3v) is 5.44. The Morgan fingerprint density at radius 1 is 1.15 bits per heavy atom. The fraction of sp³-hybridized carbons (Fsp3) is 0.474. The second-order valence-corrected chi connectivity index (χ2v) is 7.10. The summed E-state index contributed by atoms with van der Waals surface area (Å²) in [4.78, 5) is 29.6. The summed E-state index contributed by atoms with van der Waals surface area (Å²) in [5.41, 5.74) is 1.69. The molecule has 3 saturated heterocycles. The Bertz CT molecular complexity index is 840. The number of piperidine rings is 1. The van der Waals surface area contributed by atoms with E-state index in [9.17, 15) is 4.79 Å². The van der Waals surface area contributed by atoms with Crippen LogP contribution in [0.15, 0.2) is 24.7 Å². The molecule has 2 atom stereocenters. The number of hydrogen-bond donors (Lipinski definition) is 0. The van der Waals surface area contributed by atoms with Gasteiger partial charge in [0.15, 0.2) is 5.75 Å². The summed E-state index contributed by atoms with van der Waals surface area (Å²) in [6, 6.07) is 3.96. The van der Waals surface area contributed by atoms with Crippen LogP contribution < -0.4 is 9.64 Å². The van der Waals surface area contributed by atoms with Crippen LogP contribution in [0.2, 0.25) is 0 Å². The maximum absolute atomic E-state index is 12.4. The van der Waals surface area contributed by atoms with E-state index in [0.29, 0.717) is 18.2 Å². The molecule has 2 aromatic rings. The first-order valence-electron chi connectivity index (χ1n) is 8.97. The van der Waals surface area contributed by atoms with Crippen molar-refractivity contribution < 1.29 is 9.53 Å². The third-order valence-electron chi connectivity index (χ3n) is 5.44. The van der Waals surface area contributed by atoms with Crippen LogP contribution in [0.25, 0.3) is 0 Å². The summed E-state index contributed by atoms with van der Waals surface area (Å²) in [6.07, 6.45) is 5.27. The number of anilines is 1. The van der Waals surface area contributed by atoms with Gasteiger partial charge in [-0.3, -0.25) is 9.78 Å². The number of nitrogens with zero attached hydrogens (tertiary/aromatic N) is 5. The number of amides is 1. The fourth-order valence-corrected chi connectivity index (χ4v) is 3.86. The summed E-state index contributed by atoms with van der Waals surface area (Å²) in [7, 11) is 1.91. The largest absolute Gasteiger partial charge is 0.437 e. The van der Waals surface area contributed by atoms with Gasteiger partial charge in [-0.1, -0.05) is 0 Å². The Balaban J connectivity index is 1.64. The van der Waals surface area contributed by atoms with Crippen molar-refractivity contribution in [2.45, 2.75) is 32.7 Å². The minimum absolute atomic E-state index is 0.0399. The van der Waals surface area contributed by atoms with Gasteiger partial charge in [0, 0.05) is 32.4 Å². The zero-order valence-electron chi connectivity index (χ0n) is 15.3. The molecule has 2 bridgehead atoms. The molecule has 0 spiro atoms. The molecule has 1 amide bonds. The van der Waals surface area contributed by atoms with Crippen molar-refractivity contribution in [2.75, 3.05) is 25.0 Å². The molecule has 26 heavy (non-hydrogen) atoms. The Labute approximate surface area is 153 Å². The van der Waals surface area contributed by atoms with E-state index in [1.54, 1.807) is 6.20 Å². The average molecular weight is 353 g/mol. The number of aryl methyl sites for hydroxylation is 1. The topological polar surface area (TPSA) is 71.5 Å². The molecular formula is C19H23N5O2. The summed E-state index contributed by atoms with van der Waals surface area (Å²) in [6.45, 7) is 5.36. The smallest absolute Gasteiger partial charge is 0.227 e. The Morgan fingerprint density at radius 3 is 2.81 bits per heavy atom. The lowest BCUT2D eigenvalue weighted by molar-refractivity contribution is -0.138. The Morgan fingerprint density at radius 2 is 2.00 bits per heavy atom. The maximum atomic E-state index is 12.4. The van der Waals surface area contributed by atoms with Gasteiger partial charge in [0.25, 0.3) is 0 Å². The van der Waals surface area contributed by atoms with Crippen LogP contribution in [0.4, 0.5) is 5.82 Å². The molecule has 7 heteroatoms. The molecule has 5 rings (SSSR count). The summed E-state index contributed by atoms with van der Waals surface area (Å²) >= 11 is 0. The number of ether oxygens (including phenoxy) is 1. The highest BCUT2D eigenvalue weighted by Gasteiger charge is 2.39. The van der Waals surface area contributed by atoms with E-state index in [4.69, 9.17) is 4.74 Å². The Kier molecular flexibility index (Phi) is 4.22. The van der Waals surface area contributed by atoms with Crippen LogP contribution in [-0.4, -0.2) is 51.9 Å². The lowest BCUT2D eigenvalue weighted by atomic mass is 9.95. The molecule has 5 heterocycles. The van der Waals surface area contributed by atoms with Crippen LogP contribution in [0, 0.1) is 19.8 Å². The lowest BCUT2D eigenvalue weighted by Crippen LogP contribution is -2.45. The minimum Gasteiger partial charge on any atom is -0.437 e. The zero-order valence-corrected chi connectivity index (χ0v) is 15.3. The first-order chi connectivity index (χ1) is 12.5. The second-order valence-electron chi connectivity index (χ2n) is 7.10. The van der Waals surface area contributed by atoms with Gasteiger partial charge >= 0.3 is 0 Å². The molecule has 7 nitrogen and oxygen atoms in total. The van der Waals surface area contributed by atoms with Gasteiger partial charge in [-0.15, -0.1) is 0 Å². The van der Waals surface area contributed by atoms with Crippen LogP contribution in [-0.2, 0) is 4.79 Å². The normalized spacial score (nSPS) is 22.5. The standard InChI is InChI=1S/C19H23N5O2/c1-12-17(24-9-14-6-7-15(10-24)23(3)19(14)25)21-11-22-18(12)26-16-5-4-8-20-13(16)2/h4-5,8,11,14-15H,6-7,9-10H2,1-3H3/t14-,15+/m1/s1. The molecule has 0 aromatic carbocycles. The number of hydrogen-bond acceptors (Lipinski definition) is 6. The van der Waals surface area contributed by atoms with E-state index in [2.05, 4.69) is 19.9 Å². The van der Waals surface area contributed by atoms with Crippen molar-refractivity contribution >= 4 is 11.7 Å². The monoisotopic (exact) mass is 353 g/mol. The van der Waals surface area contributed by atoms with Crippen LogP contribution in [0.5, 0.6) is 11.6 Å². The van der Waals surface area contributed by atoms with E-state index in [-0.39, 0.29) is 17.9 Å². The van der Waals surface area contributed by atoms with Gasteiger partial charge in [0.05, 0.1) is 17.2 Å². The fourth-order valence-electron chi connectivity index (χ4n) is 3.86. The molecular weight excluding hydrogens is 330 g/mol. The first-order valence-corrected chi connectivity index (χ1v) is 8.97. The van der Waals surface area contributed by atoms with Gasteiger partial charge in [-0.05, 0) is 38.8 Å². The van der Waals surface area contributed by atoms with Crippen molar-refractivity contribution in [3.8, 4) is 11.6 Å². The lowest BCUT2D eigenvalue weighted by Gasteiger charge is -2.32. The number of rotatable bonds is 3. The van der Waals surface area contributed by atoms with Gasteiger partial charge < -0.3 is 14.5 Å². The third kappa shape index (κ3) is 2.87. The Hall–Kier alpha value is -2.70. The molecule has 3 aliphatic rings. The number of carbonyl (C=O) groups is 1. The molecule has 3 fully saturated rings. The molecule has 0 N–H and O–H groups in total. The predicted molar refractivity (Wildman–Crippen MR) is 97.3 cm³/mol. The van der Waals surface area contributed by atoms with E-state index in [0.717, 1.165) is 36.5 Å². The minimum atomic E-state index is 0.0399. The van der Waals surface area contributed by atoms with Crippen molar-refractivity contribution in [2.24, 2.45) is 5.92 Å². The van der Waals surface area contributed by atoms with E-state index in [1.165, 1.54) is 6.33 Å². The number of fused-ring (bicyclic) bond motifs is 4. The SMILES string of the molecule is Cc1ncccc1Oc1ncnc(N2C[C@H]3CC[C@@H](C2)N(C)C3=O)c1C. The highest BCUT2D eigenvalue weighted by molar-refractivity contribution is 5.81. The van der Waals surface area contributed by atoms with E-state index < -0.39 is 0 Å². The van der Waals surface area contributed by atoms with Gasteiger partial charge in [0.1, 0.15) is 12.1 Å². The number of aromatic nitrogens is 3. The maximum Gasteiger partial charge on any atom is 0.227 e. The van der Waals surface area contributed by atoms with E-state index in [1.807, 2.05) is 37.9 Å². The molecule has 0 saturated carbocycles. The molecule has 136 valence electrons. The van der Waals surface area contributed by atoms with Gasteiger partial charge in [-0.25, -0.2) is 9.97 Å². The molecule has 0 radical (unpaired) electrons. The van der Waals surface area contributed by atoms with Gasteiger partial charge in [0.2, 0.25) is 11.8 Å². The summed E-state index contributed by atoms with van der Waals surface area (Å²) in [5, 5.41) is 0. The van der Waals surface area contributed by atoms with Crippen LogP contribution >= 0.6 is 0 Å². The number of carbonyl (C=O) groups excluding carboxylic acids is 1. The van der Waals surface area contributed by atoms with E-state index >= 15 is 0 Å². The summed E-state index contributed by atoms with van der Waals surface area (Å²) < 4.78 is 6.00. The highest BCUT2D eigenvalue weighted by atomic mass is 16.5. The number of pyridine rings is 1. The zero-order chi connectivity index (χ0) is 18.3. The first kappa shape index (κ1) is 16.8. The summed E-state index contributed by atoms with van der Waals surface area (Å²) in [5.74, 6) is 2.35. The number of likely N-dealkylation sites (N-methyl/N-ethyl adjacent to an activating group) is 1. The van der Waals surface area contributed by atoms with Gasteiger partial charge in [-0.2, -0.15) is 0 Å². The quantitative estimate of drug-likeness (QED) is 0.843. The average Bonchev–Trinajstić information content (AvgIpc) is 2.92. The van der Waals surface area contributed by atoms with Crippen molar-refractivity contribution in [3.63, 3.8) is 0 Å². The second kappa shape index (κ2) is 6.55. The molecule has 0 unspecified atom stereocenters. The molecule has 2 aromatic heterocycles. The highest BCUT2D eigenvalue weighted by Crippen LogP contribution is 2.34. The van der Waals surface area contributed by atoms with Crippen LogP contribution in [0.1, 0.15) is 24.1 Å². The predicted octanol–water partition coefficient (Wildman–Crippen LogP) is 2.34.